The van der Waals surface area contributed by atoms with E-state index in [1.54, 1.807) is 0 Å². The fourth-order valence-corrected chi connectivity index (χ4v) is 1.97. The maximum Gasteiger partial charge on any atom is 0.335 e. The predicted molar refractivity (Wildman–Crippen MR) is 58.8 cm³/mol. The molecule has 0 spiro atoms. The van der Waals surface area contributed by atoms with E-state index < -0.39 is 11.6 Å². The standard InChI is InChI=1S/C12H22O3/c1-9(2)8-15-12(11(13)14)6-4-10(3)5-7-12/h9-10H,4-8H2,1-3H3,(H,13,14). The van der Waals surface area contributed by atoms with Crippen molar-refractivity contribution in [3.63, 3.8) is 0 Å². The second-order valence-corrected chi connectivity index (χ2v) is 5.19. The molecule has 0 atom stereocenters. The molecule has 0 heterocycles. The molecule has 3 nitrogen and oxygen atoms in total. The first kappa shape index (κ1) is 12.5. The van der Waals surface area contributed by atoms with Crippen LogP contribution in [0, 0.1) is 11.8 Å². The van der Waals surface area contributed by atoms with E-state index in [9.17, 15) is 9.90 Å². The van der Waals surface area contributed by atoms with Gasteiger partial charge in [0.1, 0.15) is 0 Å². The summed E-state index contributed by atoms with van der Waals surface area (Å²) in [5.74, 6) is 0.246. The topological polar surface area (TPSA) is 46.5 Å². The largest absolute Gasteiger partial charge is 0.479 e. The monoisotopic (exact) mass is 214 g/mol. The van der Waals surface area contributed by atoms with Gasteiger partial charge in [-0.3, -0.25) is 0 Å². The SMILES string of the molecule is CC(C)COC1(C(=O)O)CCC(C)CC1. The Labute approximate surface area is 91.8 Å². The molecule has 0 aromatic heterocycles. The highest BCUT2D eigenvalue weighted by Crippen LogP contribution is 2.35. The Balaban J connectivity index is 2.59. The van der Waals surface area contributed by atoms with Crippen LogP contribution in [-0.2, 0) is 9.53 Å². The third-order valence-electron chi connectivity index (χ3n) is 3.16. The molecular formula is C12H22O3. The molecule has 0 amide bonds. The van der Waals surface area contributed by atoms with Crippen LogP contribution >= 0.6 is 0 Å². The molecular weight excluding hydrogens is 192 g/mol. The second-order valence-electron chi connectivity index (χ2n) is 5.19. The Morgan fingerprint density at radius 1 is 1.47 bits per heavy atom. The highest BCUT2D eigenvalue weighted by Gasteiger charge is 2.42. The fourth-order valence-electron chi connectivity index (χ4n) is 1.97. The number of aliphatic carboxylic acids is 1. The molecule has 0 aromatic carbocycles. The van der Waals surface area contributed by atoms with E-state index in [1.807, 2.05) is 13.8 Å². The number of carbonyl (C=O) groups is 1. The van der Waals surface area contributed by atoms with Crippen LogP contribution < -0.4 is 0 Å². The van der Waals surface area contributed by atoms with Gasteiger partial charge < -0.3 is 9.84 Å². The normalized spacial score (nSPS) is 31.9. The van der Waals surface area contributed by atoms with Crippen LogP contribution in [0.1, 0.15) is 46.5 Å². The lowest BCUT2D eigenvalue weighted by molar-refractivity contribution is -0.173. The van der Waals surface area contributed by atoms with Crippen LogP contribution in [0.25, 0.3) is 0 Å². The van der Waals surface area contributed by atoms with E-state index >= 15 is 0 Å². The lowest BCUT2D eigenvalue weighted by Crippen LogP contribution is -2.45. The van der Waals surface area contributed by atoms with E-state index in [1.165, 1.54) is 0 Å². The molecule has 3 heteroatoms. The molecule has 1 aliphatic carbocycles. The molecule has 1 rings (SSSR count). The Bertz CT molecular complexity index is 215. The smallest absolute Gasteiger partial charge is 0.335 e. The highest BCUT2D eigenvalue weighted by atomic mass is 16.5. The molecule has 0 aromatic rings. The van der Waals surface area contributed by atoms with Gasteiger partial charge in [-0.15, -0.1) is 0 Å². The molecule has 0 aliphatic heterocycles. The van der Waals surface area contributed by atoms with E-state index in [0.29, 0.717) is 31.3 Å². The van der Waals surface area contributed by atoms with Gasteiger partial charge in [0.05, 0.1) is 6.61 Å². The minimum Gasteiger partial charge on any atom is -0.479 e. The van der Waals surface area contributed by atoms with E-state index in [-0.39, 0.29) is 0 Å². The van der Waals surface area contributed by atoms with Crippen molar-refractivity contribution in [2.75, 3.05) is 6.61 Å². The molecule has 0 saturated heterocycles. The molecule has 1 fully saturated rings. The number of rotatable bonds is 4. The molecule has 15 heavy (non-hydrogen) atoms. The van der Waals surface area contributed by atoms with Gasteiger partial charge >= 0.3 is 5.97 Å². The molecule has 88 valence electrons. The lowest BCUT2D eigenvalue weighted by Gasteiger charge is -2.36. The van der Waals surface area contributed by atoms with Gasteiger partial charge in [0, 0.05) is 0 Å². The van der Waals surface area contributed by atoms with Crippen molar-refractivity contribution in [3.8, 4) is 0 Å². The summed E-state index contributed by atoms with van der Waals surface area (Å²) in [6, 6.07) is 0. The van der Waals surface area contributed by atoms with E-state index in [2.05, 4.69) is 6.92 Å². The zero-order valence-corrected chi connectivity index (χ0v) is 9.95. The van der Waals surface area contributed by atoms with Crippen molar-refractivity contribution in [1.29, 1.82) is 0 Å². The summed E-state index contributed by atoms with van der Waals surface area (Å²) >= 11 is 0. The summed E-state index contributed by atoms with van der Waals surface area (Å²) in [6.45, 7) is 6.80. The summed E-state index contributed by atoms with van der Waals surface area (Å²) in [4.78, 5) is 11.3. The summed E-state index contributed by atoms with van der Waals surface area (Å²) < 4.78 is 5.64. The van der Waals surface area contributed by atoms with E-state index in [0.717, 1.165) is 12.8 Å². The molecule has 1 saturated carbocycles. The zero-order valence-electron chi connectivity index (χ0n) is 9.95. The third kappa shape index (κ3) is 3.20. The minimum atomic E-state index is -0.892. The van der Waals surface area contributed by atoms with Crippen LogP contribution in [0.2, 0.25) is 0 Å². The minimum absolute atomic E-state index is 0.389. The maximum absolute atomic E-state index is 11.3. The molecule has 1 N–H and O–H groups in total. The Morgan fingerprint density at radius 2 is 2.00 bits per heavy atom. The average Bonchev–Trinajstić information content (AvgIpc) is 2.17. The highest BCUT2D eigenvalue weighted by molar-refractivity contribution is 5.77. The zero-order chi connectivity index (χ0) is 11.5. The molecule has 1 aliphatic rings. The van der Waals surface area contributed by atoms with Crippen LogP contribution in [0.5, 0.6) is 0 Å². The van der Waals surface area contributed by atoms with Crippen molar-refractivity contribution >= 4 is 5.97 Å². The molecule has 0 bridgehead atoms. The van der Waals surface area contributed by atoms with Crippen molar-refractivity contribution in [2.45, 2.75) is 52.1 Å². The van der Waals surface area contributed by atoms with Gasteiger partial charge in [-0.05, 0) is 37.5 Å². The van der Waals surface area contributed by atoms with Crippen molar-refractivity contribution < 1.29 is 14.6 Å². The number of carboxylic acids is 1. The summed E-state index contributed by atoms with van der Waals surface area (Å²) in [5.41, 5.74) is -0.892. The van der Waals surface area contributed by atoms with Crippen molar-refractivity contribution in [3.05, 3.63) is 0 Å². The number of ether oxygens (including phenoxy) is 1. The maximum atomic E-state index is 11.3. The molecule has 0 radical (unpaired) electrons. The Hall–Kier alpha value is -0.570. The molecule has 0 unspecified atom stereocenters. The van der Waals surface area contributed by atoms with Gasteiger partial charge in [-0.2, -0.15) is 0 Å². The Kier molecular flexibility index (Phi) is 4.14. The first-order valence-electron chi connectivity index (χ1n) is 5.83. The number of hydrogen-bond acceptors (Lipinski definition) is 2. The predicted octanol–water partition coefficient (Wildman–Crippen LogP) is 2.69. The quantitative estimate of drug-likeness (QED) is 0.782. The summed E-state index contributed by atoms with van der Waals surface area (Å²) in [6.07, 6.45) is 3.25. The van der Waals surface area contributed by atoms with Gasteiger partial charge in [-0.1, -0.05) is 20.8 Å². The van der Waals surface area contributed by atoms with Crippen molar-refractivity contribution in [2.24, 2.45) is 11.8 Å². The van der Waals surface area contributed by atoms with Crippen LogP contribution in [0.4, 0.5) is 0 Å². The first-order chi connectivity index (χ1) is 6.96. The van der Waals surface area contributed by atoms with Gasteiger partial charge in [-0.25, -0.2) is 4.79 Å². The summed E-state index contributed by atoms with van der Waals surface area (Å²) in [7, 11) is 0. The third-order valence-corrected chi connectivity index (χ3v) is 3.16. The van der Waals surface area contributed by atoms with Crippen LogP contribution in [0.3, 0.4) is 0 Å². The van der Waals surface area contributed by atoms with Crippen molar-refractivity contribution in [1.82, 2.24) is 0 Å². The number of carboxylic acid groups (broad SMARTS) is 1. The fraction of sp³-hybridized carbons (Fsp3) is 0.917. The second kappa shape index (κ2) is 4.97. The van der Waals surface area contributed by atoms with Gasteiger partial charge in [0.25, 0.3) is 0 Å². The Morgan fingerprint density at radius 3 is 2.40 bits per heavy atom. The van der Waals surface area contributed by atoms with Gasteiger partial charge in [0.15, 0.2) is 5.60 Å². The summed E-state index contributed by atoms with van der Waals surface area (Å²) in [5, 5.41) is 9.26. The number of hydrogen-bond donors (Lipinski definition) is 1. The van der Waals surface area contributed by atoms with Gasteiger partial charge in [0.2, 0.25) is 0 Å². The lowest BCUT2D eigenvalue weighted by atomic mass is 9.79. The average molecular weight is 214 g/mol. The van der Waals surface area contributed by atoms with E-state index in [4.69, 9.17) is 4.74 Å². The van der Waals surface area contributed by atoms with Crippen LogP contribution in [0.15, 0.2) is 0 Å². The first-order valence-corrected chi connectivity index (χ1v) is 5.83. The van der Waals surface area contributed by atoms with Crippen LogP contribution in [-0.4, -0.2) is 23.3 Å².